The second-order valence-electron chi connectivity index (χ2n) is 14.5. The molecule has 1 heterocycles. The number of aliphatic hydroxyl groups excluding tert-OH is 1. The highest BCUT2D eigenvalue weighted by molar-refractivity contribution is 5.94. The quantitative estimate of drug-likeness (QED) is 0.0847. The molecule has 1 atom stereocenters. The van der Waals surface area contributed by atoms with Crippen LogP contribution in [-0.2, 0) is 11.2 Å². The first-order valence-electron chi connectivity index (χ1n) is 18.7. The van der Waals surface area contributed by atoms with E-state index in [0.29, 0.717) is 47.6 Å². The molecule has 2 fully saturated rings. The number of aromatic nitrogens is 1. The van der Waals surface area contributed by atoms with E-state index in [-0.39, 0.29) is 35.2 Å². The van der Waals surface area contributed by atoms with Gasteiger partial charge in [-0.05, 0) is 112 Å². The topological polar surface area (TPSA) is 181 Å². The molecule has 6 rings (SSSR count). The van der Waals surface area contributed by atoms with Crippen molar-refractivity contribution in [2.75, 3.05) is 24.5 Å². The molecule has 4 aromatic rings. The van der Waals surface area contributed by atoms with Gasteiger partial charge in [-0.3, -0.25) is 14.5 Å². The molecule has 2 saturated carbocycles. The number of carbonyl (C=O) groups is 2. The number of aromatic hydroxyl groups is 1. The Balaban J connectivity index is 0.966. The number of H-pyrrole nitrogens is 1. The number of nitrogens with two attached hydrogens (primary N) is 1. The molecule has 0 radical (unpaired) electrons. The van der Waals surface area contributed by atoms with Crippen molar-refractivity contribution in [2.45, 2.75) is 82.4 Å². The van der Waals surface area contributed by atoms with Crippen LogP contribution in [-0.4, -0.2) is 64.0 Å². The number of carbonyl (C=O) groups excluding carboxylic acids is 1. The summed E-state index contributed by atoms with van der Waals surface area (Å²) in [6.07, 6.45) is 6.28. The van der Waals surface area contributed by atoms with E-state index in [4.69, 9.17) is 5.73 Å². The number of rotatable bonds is 13. The lowest BCUT2D eigenvalue weighted by Gasteiger charge is -2.35. The van der Waals surface area contributed by atoms with E-state index in [0.717, 1.165) is 81.0 Å². The Hall–Kier alpha value is -4.71. The molecule has 3 aromatic carbocycles. The van der Waals surface area contributed by atoms with E-state index >= 15 is 0 Å². The number of aromatic amines is 1. The van der Waals surface area contributed by atoms with Crippen LogP contribution in [0, 0.1) is 11.8 Å². The predicted octanol–water partition coefficient (Wildman–Crippen LogP) is 5.83. The first kappa shape index (κ1) is 37.1. The second-order valence-corrected chi connectivity index (χ2v) is 14.5. The number of aliphatic hydroxyl groups is 1. The van der Waals surface area contributed by atoms with Crippen molar-refractivity contribution in [3.63, 3.8) is 0 Å². The summed E-state index contributed by atoms with van der Waals surface area (Å²) >= 11 is 0. The van der Waals surface area contributed by atoms with Gasteiger partial charge in [0.05, 0.1) is 17.3 Å². The van der Waals surface area contributed by atoms with Crippen LogP contribution in [0.3, 0.4) is 0 Å². The van der Waals surface area contributed by atoms with E-state index in [1.807, 2.05) is 42.5 Å². The largest absolute Gasteiger partial charge is 0.506 e. The van der Waals surface area contributed by atoms with E-state index in [2.05, 4.69) is 21.7 Å². The summed E-state index contributed by atoms with van der Waals surface area (Å²) in [6, 6.07) is 22.1. The molecule has 1 unspecified atom stereocenters. The summed E-state index contributed by atoms with van der Waals surface area (Å²) in [5.41, 5.74) is 10.4. The van der Waals surface area contributed by atoms with E-state index in [1.165, 1.54) is 12.1 Å². The van der Waals surface area contributed by atoms with Crippen molar-refractivity contribution in [3.8, 4) is 16.9 Å². The number of hydrogen-bond donors (Lipinski definition) is 7. The smallest absolute Gasteiger partial charge is 0.412 e. The first-order valence-corrected chi connectivity index (χ1v) is 18.7. The Morgan fingerprint density at radius 1 is 0.923 bits per heavy atom. The number of anilines is 1. The maximum absolute atomic E-state index is 13.1. The maximum Gasteiger partial charge on any atom is 0.412 e. The van der Waals surface area contributed by atoms with E-state index in [9.17, 15) is 29.7 Å². The molecular formula is C41H51N5O6. The SMILES string of the molecule is NC1CCC(N(C(=O)O)c2cc(CCCNC(=O)C3CCC(CNCC(O)c4ccc(O)c5[nH]c(=O)ccc45)CC3)ccc2-c2ccccc2)CC1. The van der Waals surface area contributed by atoms with Gasteiger partial charge in [-0.15, -0.1) is 0 Å². The number of hydrogen-bond acceptors (Lipinski definition) is 7. The third-order valence-electron chi connectivity index (χ3n) is 10.9. The molecule has 0 spiro atoms. The molecule has 2 aliphatic carbocycles. The summed E-state index contributed by atoms with van der Waals surface area (Å²) in [5.74, 6) is 0.446. The highest BCUT2D eigenvalue weighted by Gasteiger charge is 2.31. The van der Waals surface area contributed by atoms with Crippen LogP contribution in [0.5, 0.6) is 5.75 Å². The van der Waals surface area contributed by atoms with Gasteiger partial charge in [-0.25, -0.2) is 4.79 Å². The predicted molar refractivity (Wildman–Crippen MR) is 203 cm³/mol. The van der Waals surface area contributed by atoms with Gasteiger partial charge in [-0.1, -0.05) is 48.5 Å². The van der Waals surface area contributed by atoms with Crippen LogP contribution in [0.15, 0.2) is 77.6 Å². The highest BCUT2D eigenvalue weighted by Crippen LogP contribution is 2.37. The number of phenols is 1. The first-order chi connectivity index (χ1) is 25.2. The van der Waals surface area contributed by atoms with Gasteiger partial charge in [0.1, 0.15) is 5.75 Å². The third-order valence-corrected chi connectivity index (χ3v) is 10.9. The summed E-state index contributed by atoms with van der Waals surface area (Å²) in [7, 11) is 0. The van der Waals surface area contributed by atoms with Crippen LogP contribution in [0.25, 0.3) is 22.0 Å². The molecule has 276 valence electrons. The number of carboxylic acid groups (broad SMARTS) is 1. The van der Waals surface area contributed by atoms with Gasteiger partial charge < -0.3 is 36.7 Å². The van der Waals surface area contributed by atoms with Gasteiger partial charge >= 0.3 is 6.09 Å². The number of phenolic OH excluding ortho intramolecular Hbond substituents is 1. The third kappa shape index (κ3) is 9.01. The number of amides is 2. The van der Waals surface area contributed by atoms with Crippen molar-refractivity contribution in [1.29, 1.82) is 0 Å². The zero-order valence-electron chi connectivity index (χ0n) is 29.6. The number of pyridine rings is 1. The Kier molecular flexibility index (Phi) is 12.3. The second kappa shape index (κ2) is 17.2. The van der Waals surface area contributed by atoms with Gasteiger partial charge in [0.25, 0.3) is 0 Å². The maximum atomic E-state index is 13.1. The standard InChI is InChI=1S/C41H51N5O6/c42-30-13-15-31(16-14-30)46(41(51)52)35-23-26(10-17-32(35)28-6-2-1-3-7-28)5-4-22-44-40(50)29-11-8-27(9-12-29)24-43-25-37(48)33-18-20-36(47)39-34(33)19-21-38(49)45-39/h1-3,6-7,10,17-21,23,27,29-31,37,43,47-48H,4-5,8-9,11-16,22,24-25,42H2,(H,44,50)(H,45,49)(H,51,52). The van der Waals surface area contributed by atoms with Gasteiger partial charge in [0, 0.05) is 48.1 Å². The van der Waals surface area contributed by atoms with E-state index < -0.39 is 12.2 Å². The fraction of sp³-hybridized carbons (Fsp3) is 0.439. The molecule has 0 bridgehead atoms. The zero-order valence-corrected chi connectivity index (χ0v) is 29.6. The van der Waals surface area contributed by atoms with Crippen molar-refractivity contribution in [1.82, 2.24) is 15.6 Å². The molecule has 52 heavy (non-hydrogen) atoms. The molecule has 11 heteroatoms. The minimum absolute atomic E-state index is 0.0168. The van der Waals surface area contributed by atoms with Crippen LogP contribution in [0.1, 0.15) is 75.0 Å². The average molecular weight is 710 g/mol. The summed E-state index contributed by atoms with van der Waals surface area (Å²) in [4.78, 5) is 41.6. The van der Waals surface area contributed by atoms with E-state index in [1.54, 1.807) is 17.0 Å². The molecule has 0 aliphatic heterocycles. The zero-order chi connectivity index (χ0) is 36.6. The van der Waals surface area contributed by atoms with Crippen molar-refractivity contribution < 1.29 is 24.9 Å². The van der Waals surface area contributed by atoms with Crippen molar-refractivity contribution in [3.05, 3.63) is 94.3 Å². The fourth-order valence-electron chi connectivity index (χ4n) is 7.97. The summed E-state index contributed by atoms with van der Waals surface area (Å²) < 4.78 is 0. The fourth-order valence-corrected chi connectivity index (χ4v) is 7.97. The number of nitrogens with one attached hydrogen (secondary N) is 3. The minimum atomic E-state index is -0.951. The average Bonchev–Trinajstić information content (AvgIpc) is 3.15. The monoisotopic (exact) mass is 709 g/mol. The summed E-state index contributed by atoms with van der Waals surface area (Å²) in [5, 5.41) is 38.5. The van der Waals surface area contributed by atoms with Gasteiger partial charge in [-0.2, -0.15) is 0 Å². The molecule has 2 amide bonds. The number of aryl methyl sites for hydroxylation is 1. The molecule has 2 aliphatic rings. The normalized spacial score (nSPS) is 21.0. The Morgan fingerprint density at radius 2 is 1.67 bits per heavy atom. The Morgan fingerprint density at radius 3 is 2.40 bits per heavy atom. The number of benzene rings is 3. The van der Waals surface area contributed by atoms with Crippen LogP contribution < -0.4 is 26.8 Å². The molecular weight excluding hydrogens is 658 g/mol. The van der Waals surface area contributed by atoms with Crippen LogP contribution in [0.4, 0.5) is 10.5 Å². The Bertz CT molecular complexity index is 1880. The lowest BCUT2D eigenvalue weighted by Crippen LogP contribution is -2.44. The lowest BCUT2D eigenvalue weighted by atomic mass is 9.81. The van der Waals surface area contributed by atoms with Gasteiger partial charge in [0.15, 0.2) is 0 Å². The summed E-state index contributed by atoms with van der Waals surface area (Å²) in [6.45, 7) is 1.62. The number of fused-ring (bicyclic) bond motifs is 1. The molecule has 0 saturated heterocycles. The lowest BCUT2D eigenvalue weighted by molar-refractivity contribution is -0.126. The highest BCUT2D eigenvalue weighted by atomic mass is 16.4. The molecule has 11 nitrogen and oxygen atoms in total. The number of nitrogens with zero attached hydrogens (tertiary/aromatic N) is 1. The van der Waals surface area contributed by atoms with Crippen molar-refractivity contribution in [2.24, 2.45) is 17.6 Å². The van der Waals surface area contributed by atoms with Crippen molar-refractivity contribution >= 4 is 28.6 Å². The molecule has 8 N–H and O–H groups in total. The minimum Gasteiger partial charge on any atom is -0.506 e. The molecule has 1 aromatic heterocycles. The van der Waals surface area contributed by atoms with Crippen LogP contribution >= 0.6 is 0 Å². The Labute approximate surface area is 304 Å². The van der Waals surface area contributed by atoms with Crippen LogP contribution in [0.2, 0.25) is 0 Å². The van der Waals surface area contributed by atoms with Gasteiger partial charge in [0.2, 0.25) is 11.5 Å².